The van der Waals surface area contributed by atoms with Crippen LogP contribution in [-0.2, 0) is 20.7 Å². The third kappa shape index (κ3) is 4.34. The molecule has 0 unspecified atom stereocenters. The van der Waals surface area contributed by atoms with E-state index in [0.717, 1.165) is 31.8 Å². The molecule has 33 heavy (non-hydrogen) atoms. The van der Waals surface area contributed by atoms with Gasteiger partial charge in [0, 0.05) is 28.4 Å². The number of hydrogen-bond donors (Lipinski definition) is 3. The van der Waals surface area contributed by atoms with Gasteiger partial charge in [0.15, 0.2) is 0 Å². The van der Waals surface area contributed by atoms with Gasteiger partial charge in [-0.25, -0.2) is 9.59 Å². The summed E-state index contributed by atoms with van der Waals surface area (Å²) in [5.74, 6) is -1.56. The molecule has 0 radical (unpaired) electrons. The topological polar surface area (TPSA) is 121 Å². The molecule has 1 aliphatic rings. The second-order valence-corrected chi connectivity index (χ2v) is 8.97. The number of aromatic amines is 1. The van der Waals surface area contributed by atoms with Gasteiger partial charge in [-0.2, -0.15) is 0 Å². The number of nitrogens with zero attached hydrogens (tertiary/aromatic N) is 1. The summed E-state index contributed by atoms with van der Waals surface area (Å²) in [5, 5.41) is 6.64. The van der Waals surface area contributed by atoms with Crippen LogP contribution in [0.5, 0.6) is 0 Å². The molecule has 0 spiro atoms. The molecular weight excluding hydrogens is 444 g/mol. The molecule has 0 saturated carbocycles. The number of carbonyl (C=O) groups excluding carboxylic acids is 4. The molecule has 3 heterocycles. The lowest BCUT2D eigenvalue weighted by atomic mass is 10.1. The van der Waals surface area contributed by atoms with Crippen LogP contribution >= 0.6 is 11.3 Å². The number of carbonyl (C=O) groups is 4. The highest BCUT2D eigenvalue weighted by molar-refractivity contribution is 7.16. The van der Waals surface area contributed by atoms with Crippen LogP contribution in [0, 0.1) is 13.8 Å². The summed E-state index contributed by atoms with van der Waals surface area (Å²) < 4.78 is 5.09. The number of para-hydroxylation sites is 1. The van der Waals surface area contributed by atoms with Gasteiger partial charge >= 0.3 is 12.0 Å². The number of esters is 1. The number of benzene rings is 1. The molecule has 1 atom stereocenters. The normalized spacial score (nSPS) is 15.7. The number of amides is 4. The lowest BCUT2D eigenvalue weighted by Crippen LogP contribution is -2.38. The van der Waals surface area contributed by atoms with Crippen LogP contribution < -0.4 is 10.6 Å². The molecule has 10 heteroatoms. The Morgan fingerprint density at radius 2 is 1.97 bits per heavy atom. The van der Waals surface area contributed by atoms with Crippen molar-refractivity contribution in [1.82, 2.24) is 15.2 Å². The monoisotopic (exact) mass is 468 g/mol. The highest BCUT2D eigenvalue weighted by atomic mass is 32.1. The van der Waals surface area contributed by atoms with Crippen LogP contribution in [0.1, 0.15) is 33.3 Å². The average molecular weight is 469 g/mol. The number of nitrogens with one attached hydrogen (secondary N) is 3. The molecule has 2 aromatic heterocycles. The minimum atomic E-state index is -0.758. The maximum atomic E-state index is 12.9. The smallest absolute Gasteiger partial charge is 0.341 e. The van der Waals surface area contributed by atoms with Crippen molar-refractivity contribution in [3.8, 4) is 0 Å². The number of imide groups is 1. The largest absolute Gasteiger partial charge is 0.462 e. The SMILES string of the molecule is CCOC(=O)c1c(NC(=O)CN2C(=O)N[C@H](Cc3c[nH]c4ccccc34)C2=O)sc(C)c1C. The summed E-state index contributed by atoms with van der Waals surface area (Å²) in [6.45, 7) is 5.08. The lowest BCUT2D eigenvalue weighted by molar-refractivity contribution is -0.130. The Labute approximate surface area is 194 Å². The van der Waals surface area contributed by atoms with Crippen molar-refractivity contribution in [1.29, 1.82) is 0 Å². The number of thiophene rings is 1. The zero-order chi connectivity index (χ0) is 23.7. The fourth-order valence-electron chi connectivity index (χ4n) is 3.86. The minimum absolute atomic E-state index is 0.209. The number of rotatable bonds is 7. The molecule has 3 aromatic rings. The van der Waals surface area contributed by atoms with E-state index in [0.29, 0.717) is 17.0 Å². The van der Waals surface area contributed by atoms with Crippen LogP contribution in [0.4, 0.5) is 9.80 Å². The van der Waals surface area contributed by atoms with Crippen LogP contribution in [-0.4, -0.2) is 52.9 Å². The van der Waals surface area contributed by atoms with Crippen LogP contribution in [0.2, 0.25) is 0 Å². The average Bonchev–Trinajstić information content (AvgIpc) is 3.39. The van der Waals surface area contributed by atoms with Crippen molar-refractivity contribution >= 4 is 51.1 Å². The van der Waals surface area contributed by atoms with E-state index in [1.165, 1.54) is 11.3 Å². The number of hydrogen-bond acceptors (Lipinski definition) is 6. The van der Waals surface area contributed by atoms with Gasteiger partial charge in [0.2, 0.25) is 5.91 Å². The van der Waals surface area contributed by atoms with Crippen LogP contribution in [0.3, 0.4) is 0 Å². The summed E-state index contributed by atoms with van der Waals surface area (Å²) in [6.07, 6.45) is 2.13. The van der Waals surface area contributed by atoms with E-state index in [2.05, 4.69) is 15.6 Å². The Morgan fingerprint density at radius 1 is 1.21 bits per heavy atom. The maximum Gasteiger partial charge on any atom is 0.341 e. The van der Waals surface area contributed by atoms with Gasteiger partial charge in [0.25, 0.3) is 5.91 Å². The van der Waals surface area contributed by atoms with Gasteiger partial charge in [-0.3, -0.25) is 14.5 Å². The molecular formula is C23H24N4O5S. The molecule has 1 aliphatic heterocycles. The summed E-state index contributed by atoms with van der Waals surface area (Å²) >= 11 is 1.25. The first kappa shape index (κ1) is 22.5. The molecule has 4 amide bonds. The second kappa shape index (κ2) is 9.07. The van der Waals surface area contributed by atoms with E-state index in [-0.39, 0.29) is 6.61 Å². The molecule has 1 aromatic carbocycles. The number of urea groups is 1. The molecule has 1 saturated heterocycles. The highest BCUT2D eigenvalue weighted by Crippen LogP contribution is 2.33. The molecule has 172 valence electrons. The minimum Gasteiger partial charge on any atom is -0.462 e. The Morgan fingerprint density at radius 3 is 2.73 bits per heavy atom. The number of H-pyrrole nitrogens is 1. The van der Waals surface area contributed by atoms with Gasteiger partial charge in [0.1, 0.15) is 17.6 Å². The summed E-state index contributed by atoms with van der Waals surface area (Å²) in [4.78, 5) is 55.2. The summed E-state index contributed by atoms with van der Waals surface area (Å²) in [7, 11) is 0. The predicted octanol–water partition coefficient (Wildman–Crippen LogP) is 3.12. The van der Waals surface area contributed by atoms with Crippen molar-refractivity contribution in [2.75, 3.05) is 18.5 Å². The van der Waals surface area contributed by atoms with E-state index in [1.807, 2.05) is 37.4 Å². The van der Waals surface area contributed by atoms with Gasteiger partial charge in [-0.05, 0) is 38.0 Å². The molecule has 3 N–H and O–H groups in total. The van der Waals surface area contributed by atoms with Crippen LogP contribution in [0.25, 0.3) is 10.9 Å². The van der Waals surface area contributed by atoms with Crippen molar-refractivity contribution in [2.24, 2.45) is 0 Å². The lowest BCUT2D eigenvalue weighted by Gasteiger charge is -2.13. The fraction of sp³-hybridized carbons (Fsp3) is 0.304. The summed E-state index contributed by atoms with van der Waals surface area (Å²) in [6, 6.07) is 6.32. The zero-order valence-corrected chi connectivity index (χ0v) is 19.3. The molecule has 0 bridgehead atoms. The molecule has 4 rings (SSSR count). The third-order valence-electron chi connectivity index (χ3n) is 5.63. The van der Waals surface area contributed by atoms with E-state index >= 15 is 0 Å². The van der Waals surface area contributed by atoms with E-state index in [4.69, 9.17) is 4.74 Å². The first-order valence-corrected chi connectivity index (χ1v) is 11.4. The first-order chi connectivity index (χ1) is 15.8. The number of aryl methyl sites for hydroxylation is 1. The maximum absolute atomic E-state index is 12.9. The number of ether oxygens (including phenoxy) is 1. The Bertz CT molecular complexity index is 1260. The Hall–Kier alpha value is -3.66. The van der Waals surface area contributed by atoms with E-state index < -0.39 is 36.4 Å². The zero-order valence-electron chi connectivity index (χ0n) is 18.5. The number of anilines is 1. The van der Waals surface area contributed by atoms with Crippen molar-refractivity contribution in [3.63, 3.8) is 0 Å². The molecule has 0 aliphatic carbocycles. The number of aromatic nitrogens is 1. The standard InChI is InChI=1S/C23H24N4O5S/c1-4-32-22(30)19-12(2)13(3)33-20(19)26-18(28)11-27-21(29)17(25-23(27)31)9-14-10-24-16-8-6-5-7-15(14)16/h5-8,10,17,24H,4,9,11H2,1-3H3,(H,25,31)(H,26,28)/t17-/m1/s1. The van der Waals surface area contributed by atoms with Crippen molar-refractivity contribution in [2.45, 2.75) is 33.2 Å². The van der Waals surface area contributed by atoms with E-state index in [1.54, 1.807) is 13.8 Å². The number of fused-ring (bicyclic) bond motifs is 1. The van der Waals surface area contributed by atoms with Gasteiger partial charge < -0.3 is 20.4 Å². The first-order valence-electron chi connectivity index (χ1n) is 10.5. The van der Waals surface area contributed by atoms with E-state index in [9.17, 15) is 19.2 Å². The fourth-order valence-corrected chi connectivity index (χ4v) is 4.92. The highest BCUT2D eigenvalue weighted by Gasteiger charge is 2.39. The van der Waals surface area contributed by atoms with Crippen molar-refractivity contribution < 1.29 is 23.9 Å². The predicted molar refractivity (Wildman–Crippen MR) is 124 cm³/mol. The van der Waals surface area contributed by atoms with Crippen LogP contribution in [0.15, 0.2) is 30.5 Å². The van der Waals surface area contributed by atoms with Gasteiger partial charge in [0.05, 0.1) is 12.2 Å². The summed E-state index contributed by atoms with van der Waals surface area (Å²) in [5.41, 5.74) is 2.86. The molecule has 1 fully saturated rings. The quantitative estimate of drug-likeness (QED) is 0.363. The molecule has 9 nitrogen and oxygen atoms in total. The second-order valence-electron chi connectivity index (χ2n) is 7.75. The van der Waals surface area contributed by atoms with Gasteiger partial charge in [-0.1, -0.05) is 18.2 Å². The van der Waals surface area contributed by atoms with Gasteiger partial charge in [-0.15, -0.1) is 11.3 Å². The Balaban J connectivity index is 1.45. The Kier molecular flexibility index (Phi) is 6.19. The van der Waals surface area contributed by atoms with Crippen molar-refractivity contribution in [3.05, 3.63) is 52.0 Å². The third-order valence-corrected chi connectivity index (χ3v) is 6.75.